The Morgan fingerprint density at radius 3 is 2.00 bits per heavy atom. The summed E-state index contributed by atoms with van der Waals surface area (Å²) in [7, 11) is 1.83. The second-order valence-electron chi connectivity index (χ2n) is 4.61. The summed E-state index contributed by atoms with van der Waals surface area (Å²) in [4.78, 5) is 0. The highest BCUT2D eigenvalue weighted by Crippen LogP contribution is 2.65. The predicted molar refractivity (Wildman–Crippen MR) is 80.4 cm³/mol. The highest BCUT2D eigenvalue weighted by atomic mass is 33.2. The van der Waals surface area contributed by atoms with Crippen molar-refractivity contribution in [2.45, 2.75) is 70.8 Å². The van der Waals surface area contributed by atoms with Gasteiger partial charge in [0, 0.05) is 5.75 Å². The van der Waals surface area contributed by atoms with Crippen LogP contribution in [0.5, 0.6) is 0 Å². The van der Waals surface area contributed by atoms with E-state index in [0.717, 1.165) is 10.5 Å². The average Bonchev–Trinajstić information content (AvgIpc) is 2.24. The quantitative estimate of drug-likeness (QED) is 0.515. The summed E-state index contributed by atoms with van der Waals surface area (Å²) in [6.07, 6.45) is 7.99. The molecule has 0 aliphatic heterocycles. The van der Waals surface area contributed by atoms with Gasteiger partial charge in [0.15, 0.2) is 0 Å². The van der Waals surface area contributed by atoms with Crippen LogP contribution in [-0.2, 0) is 0 Å². The summed E-state index contributed by atoms with van der Waals surface area (Å²) >= 11 is 0. The molecule has 3 atom stereocenters. The van der Waals surface area contributed by atoms with Gasteiger partial charge in [-0.05, 0) is 36.0 Å². The van der Waals surface area contributed by atoms with Gasteiger partial charge < -0.3 is 0 Å². The third-order valence-electron chi connectivity index (χ3n) is 3.41. The molecule has 0 heterocycles. The van der Waals surface area contributed by atoms with Gasteiger partial charge in [0.2, 0.25) is 0 Å². The van der Waals surface area contributed by atoms with E-state index in [-0.39, 0.29) is 0 Å². The monoisotopic (exact) mass is 250 g/mol. The Bertz CT molecular complexity index is 159. The zero-order valence-corrected chi connectivity index (χ0v) is 13.1. The van der Waals surface area contributed by atoms with Crippen molar-refractivity contribution in [3.8, 4) is 0 Å². The fourth-order valence-corrected chi connectivity index (χ4v) is 8.68. The summed E-state index contributed by atoms with van der Waals surface area (Å²) in [5.74, 6) is 1.35. The maximum atomic E-state index is 2.57. The van der Waals surface area contributed by atoms with Crippen LogP contribution in [0.25, 0.3) is 0 Å². The van der Waals surface area contributed by atoms with Gasteiger partial charge in [-0.2, -0.15) is 9.06 Å². The molecule has 0 N–H and O–H groups in total. The van der Waals surface area contributed by atoms with E-state index in [1.54, 1.807) is 0 Å². The van der Waals surface area contributed by atoms with E-state index < -0.39 is 9.06 Å². The number of hydrogen-bond donors (Lipinski definition) is 0. The lowest BCUT2D eigenvalue weighted by atomic mass is 10.3. The molecule has 0 rings (SSSR count). The first kappa shape index (κ1) is 15.7. The summed E-state index contributed by atoms with van der Waals surface area (Å²) in [6, 6.07) is 0. The molecule has 0 radical (unpaired) electrons. The largest absolute Gasteiger partial charge is 0.190 e. The van der Waals surface area contributed by atoms with Crippen LogP contribution in [0.15, 0.2) is 0 Å². The Kier molecular flexibility index (Phi) is 8.26. The van der Waals surface area contributed by atoms with Gasteiger partial charge in [0.1, 0.15) is 0 Å². The fourth-order valence-electron chi connectivity index (χ4n) is 1.86. The van der Waals surface area contributed by atoms with Gasteiger partial charge >= 0.3 is 0 Å². The molecule has 0 amide bonds. The summed E-state index contributed by atoms with van der Waals surface area (Å²) in [5, 5.41) is 1.84. The Balaban J connectivity index is 4.51. The standard InChI is InChI=1S/C13H30S2/c1-7-10-13(5)15(6,12(4)9-3)14-11-8-2/h12-13H,7-11H2,1-6H3. The molecule has 0 aromatic rings. The van der Waals surface area contributed by atoms with E-state index >= 15 is 0 Å². The highest BCUT2D eigenvalue weighted by molar-refractivity contribution is 8.94. The van der Waals surface area contributed by atoms with E-state index in [0.29, 0.717) is 0 Å². The van der Waals surface area contributed by atoms with Crippen molar-refractivity contribution in [3.05, 3.63) is 0 Å². The normalized spacial score (nSPS) is 21.7. The Morgan fingerprint density at radius 2 is 1.60 bits per heavy atom. The van der Waals surface area contributed by atoms with Gasteiger partial charge in [-0.1, -0.05) is 41.0 Å². The molecule has 0 aliphatic carbocycles. The SMILES string of the molecule is CCCSS(C)(C(C)CC)C(C)CCC. The predicted octanol–water partition coefficient (Wildman–Crippen LogP) is 5.47. The van der Waals surface area contributed by atoms with Crippen LogP contribution in [0.4, 0.5) is 0 Å². The van der Waals surface area contributed by atoms with Gasteiger partial charge in [0.25, 0.3) is 0 Å². The van der Waals surface area contributed by atoms with Crippen LogP contribution < -0.4 is 0 Å². The van der Waals surface area contributed by atoms with Crippen LogP contribution in [0.3, 0.4) is 0 Å². The average molecular weight is 251 g/mol. The lowest BCUT2D eigenvalue weighted by Gasteiger charge is -2.46. The van der Waals surface area contributed by atoms with E-state index in [9.17, 15) is 0 Å². The molecule has 0 aliphatic rings. The topological polar surface area (TPSA) is 0 Å². The molecule has 0 spiro atoms. The van der Waals surface area contributed by atoms with Crippen molar-refractivity contribution in [3.63, 3.8) is 0 Å². The lowest BCUT2D eigenvalue weighted by molar-refractivity contribution is 0.770. The number of hydrogen-bond acceptors (Lipinski definition) is 1. The molecule has 0 aromatic carbocycles. The first-order valence-corrected chi connectivity index (χ1v) is 10.1. The van der Waals surface area contributed by atoms with E-state index in [1.807, 2.05) is 0 Å². The molecular weight excluding hydrogens is 220 g/mol. The van der Waals surface area contributed by atoms with Crippen LogP contribution in [0.2, 0.25) is 0 Å². The van der Waals surface area contributed by atoms with Gasteiger partial charge in [0.05, 0.1) is 0 Å². The second kappa shape index (κ2) is 7.89. The molecule has 3 unspecified atom stereocenters. The molecule has 0 bridgehead atoms. The lowest BCUT2D eigenvalue weighted by Crippen LogP contribution is -2.21. The van der Waals surface area contributed by atoms with Crippen LogP contribution in [0, 0.1) is 0 Å². The van der Waals surface area contributed by atoms with Gasteiger partial charge in [-0.15, -0.1) is 10.8 Å². The molecule has 0 aromatic heterocycles. The smallest absolute Gasteiger partial charge is 0.00195 e. The minimum Gasteiger partial charge on any atom is -0.190 e. The fraction of sp³-hybridized carbons (Fsp3) is 1.00. The van der Waals surface area contributed by atoms with Crippen molar-refractivity contribution >= 4 is 19.9 Å². The van der Waals surface area contributed by atoms with Crippen molar-refractivity contribution in [2.75, 3.05) is 12.0 Å². The third-order valence-corrected chi connectivity index (χ3v) is 12.3. The van der Waals surface area contributed by atoms with Crippen molar-refractivity contribution in [1.29, 1.82) is 0 Å². The van der Waals surface area contributed by atoms with Gasteiger partial charge in [-0.25, -0.2) is 0 Å². The summed E-state index contributed by atoms with van der Waals surface area (Å²) in [5.41, 5.74) is 0. The molecule has 2 heteroatoms. The van der Waals surface area contributed by atoms with E-state index in [2.05, 4.69) is 51.7 Å². The molecule has 15 heavy (non-hydrogen) atoms. The minimum atomic E-state index is -0.454. The van der Waals surface area contributed by atoms with Crippen LogP contribution in [-0.4, -0.2) is 22.5 Å². The zero-order valence-electron chi connectivity index (χ0n) is 11.5. The minimum absolute atomic E-state index is 0.454. The van der Waals surface area contributed by atoms with Crippen molar-refractivity contribution < 1.29 is 0 Å². The van der Waals surface area contributed by atoms with Crippen LogP contribution >= 0.6 is 19.9 Å². The first-order valence-electron chi connectivity index (χ1n) is 6.43. The maximum Gasteiger partial charge on any atom is 0.00195 e. The Hall–Kier alpha value is 0.700. The molecular formula is C13H30S2. The molecule has 0 nitrogen and oxygen atoms in total. The third kappa shape index (κ3) is 4.60. The maximum absolute atomic E-state index is 2.57. The molecule has 0 saturated heterocycles. The summed E-state index contributed by atoms with van der Waals surface area (Å²) < 4.78 is 0. The Morgan fingerprint density at radius 1 is 1.00 bits per heavy atom. The number of rotatable bonds is 8. The zero-order chi connectivity index (χ0) is 11.9. The highest BCUT2D eigenvalue weighted by Gasteiger charge is 2.30. The van der Waals surface area contributed by atoms with E-state index in [1.165, 1.54) is 31.4 Å². The molecule has 0 saturated carbocycles. The van der Waals surface area contributed by atoms with Gasteiger partial charge in [-0.3, -0.25) is 0 Å². The first-order chi connectivity index (χ1) is 7.02. The summed E-state index contributed by atoms with van der Waals surface area (Å²) in [6.45, 7) is 11.9. The van der Waals surface area contributed by atoms with Crippen LogP contribution in [0.1, 0.15) is 60.3 Å². The Labute approximate surface area is 103 Å². The van der Waals surface area contributed by atoms with Crippen molar-refractivity contribution in [1.82, 2.24) is 0 Å². The molecule has 94 valence electrons. The van der Waals surface area contributed by atoms with E-state index in [4.69, 9.17) is 0 Å². The molecule has 0 fully saturated rings. The van der Waals surface area contributed by atoms with Crippen molar-refractivity contribution in [2.24, 2.45) is 0 Å². The second-order valence-corrected chi connectivity index (χ2v) is 11.7.